The topological polar surface area (TPSA) is 26.3 Å². The highest BCUT2D eigenvalue weighted by Gasteiger charge is 2.14. The van der Waals surface area contributed by atoms with Gasteiger partial charge in [0.25, 0.3) is 0 Å². The summed E-state index contributed by atoms with van der Waals surface area (Å²) < 4.78 is 5.99. The Hall–Kier alpha value is -0.280. The van der Waals surface area contributed by atoms with Gasteiger partial charge >= 0.3 is 5.97 Å². The van der Waals surface area contributed by atoms with Crippen molar-refractivity contribution in [1.29, 1.82) is 0 Å². The highest BCUT2D eigenvalue weighted by Crippen LogP contribution is 2.12. The monoisotopic (exact) mass is 363 g/mol. The quantitative estimate of drug-likeness (QED) is 0.239. The summed E-state index contributed by atoms with van der Waals surface area (Å²) in [4.78, 5) is 10.8. The number of rotatable bonds is 16. The maximum atomic E-state index is 10.8. The van der Waals surface area contributed by atoms with Gasteiger partial charge in [-0.25, -0.2) is 0 Å². The molecule has 0 saturated carbocycles. The van der Waals surface area contributed by atoms with Crippen molar-refractivity contribution < 1.29 is 26.4 Å². The molecule has 0 bridgehead atoms. The predicted molar refractivity (Wildman–Crippen MR) is 99.6 cm³/mol. The molecule has 3 nitrogen and oxygen atoms in total. The first kappa shape index (κ1) is 26.0. The van der Waals surface area contributed by atoms with Gasteiger partial charge in [-0.1, -0.05) is 71.1 Å². The van der Waals surface area contributed by atoms with Gasteiger partial charge in [0.2, 0.25) is 0 Å². The number of carbonyl (C=O) groups is 1. The Morgan fingerprint density at radius 3 is 1.58 bits per heavy atom. The van der Waals surface area contributed by atoms with E-state index in [2.05, 4.69) is 21.0 Å². The van der Waals surface area contributed by atoms with Crippen molar-refractivity contribution in [1.82, 2.24) is 0 Å². The largest absolute Gasteiger partial charge is 1.00 e. The Bertz CT molecular complexity index is 283. The van der Waals surface area contributed by atoms with E-state index < -0.39 is 0 Å². The predicted octanol–water partition coefficient (Wildman–Crippen LogP) is 2.33. The van der Waals surface area contributed by atoms with Crippen LogP contribution in [0.4, 0.5) is 0 Å². The summed E-state index contributed by atoms with van der Waals surface area (Å²) in [5, 5.41) is 0. The minimum atomic E-state index is -0.171. The fourth-order valence-electron chi connectivity index (χ4n) is 2.93. The molecule has 0 N–H and O–H groups in total. The van der Waals surface area contributed by atoms with Crippen molar-refractivity contribution >= 4 is 5.97 Å². The lowest BCUT2D eigenvalue weighted by Gasteiger charge is -2.29. The van der Waals surface area contributed by atoms with Crippen LogP contribution >= 0.6 is 0 Å². The summed E-state index contributed by atoms with van der Waals surface area (Å²) in [6.07, 6.45) is 16.7. The number of hydrogen-bond donors (Lipinski definition) is 0. The van der Waals surface area contributed by atoms with Gasteiger partial charge in [0.15, 0.2) is 0 Å². The molecular formula is C20H42ClNO2. The number of nitrogens with zero attached hydrogens (tertiary/aromatic N) is 1. The van der Waals surface area contributed by atoms with E-state index in [1.54, 1.807) is 0 Å². The van der Waals surface area contributed by atoms with Crippen molar-refractivity contribution in [3.8, 4) is 0 Å². The first-order chi connectivity index (χ1) is 11.0. The van der Waals surface area contributed by atoms with Gasteiger partial charge in [0.05, 0.1) is 20.6 Å². The third-order valence-corrected chi connectivity index (χ3v) is 4.62. The molecule has 0 aromatic carbocycles. The summed E-state index contributed by atoms with van der Waals surface area (Å²) in [6, 6.07) is 0. The first-order valence-electron chi connectivity index (χ1n) is 9.93. The van der Waals surface area contributed by atoms with Crippen molar-refractivity contribution in [2.24, 2.45) is 0 Å². The molecule has 0 rings (SSSR count). The van der Waals surface area contributed by atoms with Crippen LogP contribution in [0.15, 0.2) is 0 Å². The van der Waals surface area contributed by atoms with Crippen molar-refractivity contribution in [2.75, 3.05) is 33.8 Å². The molecule has 0 amide bonds. The molecule has 0 fully saturated rings. The van der Waals surface area contributed by atoms with Crippen LogP contribution in [0.1, 0.15) is 90.9 Å². The number of esters is 1. The maximum absolute atomic E-state index is 10.8. The molecule has 0 aliphatic heterocycles. The third-order valence-electron chi connectivity index (χ3n) is 4.62. The van der Waals surface area contributed by atoms with Crippen LogP contribution in [0.25, 0.3) is 0 Å². The number of quaternary nitrogens is 1. The number of likely N-dealkylation sites (N-methyl/N-ethyl adjacent to an activating group) is 1. The zero-order valence-electron chi connectivity index (χ0n) is 16.7. The zero-order valence-corrected chi connectivity index (χ0v) is 17.5. The molecular weight excluding hydrogens is 322 g/mol. The zero-order chi connectivity index (χ0) is 17.4. The van der Waals surface area contributed by atoms with Gasteiger partial charge in [0, 0.05) is 6.92 Å². The van der Waals surface area contributed by atoms with Crippen molar-refractivity contribution in [2.45, 2.75) is 90.9 Å². The summed E-state index contributed by atoms with van der Waals surface area (Å²) in [5.74, 6) is -0.171. The van der Waals surface area contributed by atoms with E-state index in [0.717, 1.165) is 11.0 Å². The molecule has 0 aromatic heterocycles. The standard InChI is InChI=1S/C20H42NO2.ClH/c1-5-6-7-8-9-10-11-12-13-14-15-16-17-21(3,4)18-19-23-20(2)22;/h5-19H2,1-4H3;1H/q+1;/p-1. The van der Waals surface area contributed by atoms with Crippen LogP contribution in [-0.2, 0) is 9.53 Å². The average molecular weight is 364 g/mol. The Morgan fingerprint density at radius 1 is 0.750 bits per heavy atom. The van der Waals surface area contributed by atoms with E-state index in [4.69, 9.17) is 4.74 Å². The van der Waals surface area contributed by atoms with Gasteiger partial charge in [-0.15, -0.1) is 0 Å². The van der Waals surface area contributed by atoms with Crippen LogP contribution < -0.4 is 12.4 Å². The molecule has 146 valence electrons. The van der Waals surface area contributed by atoms with E-state index in [1.165, 1.54) is 90.5 Å². The molecule has 4 heteroatoms. The van der Waals surface area contributed by atoms with E-state index in [1.807, 2.05) is 0 Å². The minimum absolute atomic E-state index is 0. The Morgan fingerprint density at radius 2 is 1.17 bits per heavy atom. The number of ether oxygens (including phenoxy) is 1. The van der Waals surface area contributed by atoms with Crippen LogP contribution in [0.5, 0.6) is 0 Å². The molecule has 0 unspecified atom stereocenters. The van der Waals surface area contributed by atoms with Crippen LogP contribution in [0.3, 0.4) is 0 Å². The molecule has 0 heterocycles. The van der Waals surface area contributed by atoms with Crippen molar-refractivity contribution in [3.05, 3.63) is 0 Å². The molecule has 0 saturated heterocycles. The summed E-state index contributed by atoms with van der Waals surface area (Å²) in [6.45, 7) is 6.39. The van der Waals surface area contributed by atoms with Crippen LogP contribution in [-0.4, -0.2) is 44.2 Å². The smallest absolute Gasteiger partial charge is 0.302 e. The van der Waals surface area contributed by atoms with Gasteiger partial charge in [-0.05, 0) is 12.8 Å². The highest BCUT2D eigenvalue weighted by atomic mass is 35.5. The Kier molecular flexibility index (Phi) is 19.0. The summed E-state index contributed by atoms with van der Waals surface area (Å²) in [7, 11) is 4.45. The maximum Gasteiger partial charge on any atom is 0.302 e. The highest BCUT2D eigenvalue weighted by molar-refractivity contribution is 5.65. The Labute approximate surface area is 157 Å². The van der Waals surface area contributed by atoms with E-state index in [-0.39, 0.29) is 18.4 Å². The fourth-order valence-corrected chi connectivity index (χ4v) is 2.93. The van der Waals surface area contributed by atoms with Crippen LogP contribution in [0, 0.1) is 0 Å². The Balaban J connectivity index is 0. The number of unbranched alkanes of at least 4 members (excludes halogenated alkanes) is 11. The van der Waals surface area contributed by atoms with Gasteiger partial charge in [-0.2, -0.15) is 0 Å². The van der Waals surface area contributed by atoms with Gasteiger partial charge in [0.1, 0.15) is 13.2 Å². The van der Waals surface area contributed by atoms with Crippen molar-refractivity contribution in [3.63, 3.8) is 0 Å². The van der Waals surface area contributed by atoms with Gasteiger partial charge in [-0.3, -0.25) is 4.79 Å². The van der Waals surface area contributed by atoms with E-state index in [0.29, 0.717) is 6.61 Å². The second kappa shape index (κ2) is 17.5. The molecule has 0 aromatic rings. The minimum Gasteiger partial charge on any atom is -1.00 e. The molecule has 0 aliphatic rings. The first-order valence-corrected chi connectivity index (χ1v) is 9.93. The van der Waals surface area contributed by atoms with Crippen LogP contribution in [0.2, 0.25) is 0 Å². The molecule has 0 spiro atoms. The second-order valence-electron chi connectivity index (χ2n) is 7.61. The average Bonchev–Trinajstić information content (AvgIpc) is 2.47. The van der Waals surface area contributed by atoms with E-state index >= 15 is 0 Å². The number of carbonyl (C=O) groups excluding carboxylic acids is 1. The second-order valence-corrected chi connectivity index (χ2v) is 7.61. The van der Waals surface area contributed by atoms with Gasteiger partial charge < -0.3 is 21.6 Å². The number of hydrogen-bond acceptors (Lipinski definition) is 2. The molecule has 0 aliphatic carbocycles. The summed E-state index contributed by atoms with van der Waals surface area (Å²) >= 11 is 0. The lowest BCUT2D eigenvalue weighted by atomic mass is 10.1. The van der Waals surface area contributed by atoms with E-state index in [9.17, 15) is 4.79 Å². The lowest BCUT2D eigenvalue weighted by Crippen LogP contribution is -3.00. The molecule has 24 heavy (non-hydrogen) atoms. The molecule has 0 radical (unpaired) electrons. The number of halogens is 1. The summed E-state index contributed by atoms with van der Waals surface area (Å²) in [5.41, 5.74) is 0. The SMILES string of the molecule is CCCCCCCCCCCCCC[N+](C)(C)CCOC(C)=O.[Cl-]. The normalized spacial score (nSPS) is 11.2. The molecule has 0 atom stereocenters. The fraction of sp³-hybridized carbons (Fsp3) is 0.950. The lowest BCUT2D eigenvalue weighted by molar-refractivity contribution is -0.890. The third kappa shape index (κ3) is 19.8.